The molecule has 3 aromatic carbocycles. The molecule has 0 aliphatic heterocycles. The fourth-order valence-corrected chi connectivity index (χ4v) is 4.72. The molecule has 1 N–H and O–H groups in total. The standard InChI is InChI=1S/C25H27BrN2O4S/c1-18-8-13-22(16-19(18)2)32-15-14-27-25(29)21-11-9-20(10-12-21)17-28(33(3,30)31)24-7-5-4-6-23(24)26/h4-13,16H,14-15,17H2,1-3H3,(H,27,29). The van der Waals surface area contributed by atoms with E-state index in [4.69, 9.17) is 4.74 Å². The van der Waals surface area contributed by atoms with Crippen molar-refractivity contribution in [2.24, 2.45) is 0 Å². The molecule has 0 heterocycles. The van der Waals surface area contributed by atoms with Gasteiger partial charge in [-0.3, -0.25) is 9.10 Å². The van der Waals surface area contributed by atoms with Gasteiger partial charge in [0.15, 0.2) is 0 Å². The summed E-state index contributed by atoms with van der Waals surface area (Å²) in [4.78, 5) is 12.4. The van der Waals surface area contributed by atoms with Crippen LogP contribution in [0, 0.1) is 13.8 Å². The van der Waals surface area contributed by atoms with Crippen molar-refractivity contribution in [1.29, 1.82) is 0 Å². The van der Waals surface area contributed by atoms with Crippen molar-refractivity contribution in [2.45, 2.75) is 20.4 Å². The van der Waals surface area contributed by atoms with Gasteiger partial charge >= 0.3 is 0 Å². The maximum atomic E-state index is 12.4. The lowest BCUT2D eigenvalue weighted by Crippen LogP contribution is -2.30. The minimum Gasteiger partial charge on any atom is -0.492 e. The van der Waals surface area contributed by atoms with Gasteiger partial charge in [-0.25, -0.2) is 8.42 Å². The van der Waals surface area contributed by atoms with Gasteiger partial charge in [0.05, 0.1) is 25.0 Å². The number of amides is 1. The van der Waals surface area contributed by atoms with Crippen LogP contribution in [-0.4, -0.2) is 33.7 Å². The first-order chi connectivity index (χ1) is 15.6. The predicted molar refractivity (Wildman–Crippen MR) is 135 cm³/mol. The van der Waals surface area contributed by atoms with E-state index < -0.39 is 10.0 Å². The third kappa shape index (κ3) is 6.82. The van der Waals surface area contributed by atoms with Crippen molar-refractivity contribution in [3.8, 4) is 5.75 Å². The Kier molecular flexibility index (Phi) is 8.15. The number of rotatable bonds is 9. The molecule has 0 atom stereocenters. The summed E-state index contributed by atoms with van der Waals surface area (Å²) in [7, 11) is -3.50. The van der Waals surface area contributed by atoms with Crippen LogP contribution in [0.25, 0.3) is 0 Å². The molecule has 0 aromatic heterocycles. The molecule has 6 nitrogen and oxygen atoms in total. The van der Waals surface area contributed by atoms with Gasteiger partial charge in [-0.1, -0.05) is 30.3 Å². The topological polar surface area (TPSA) is 75.7 Å². The lowest BCUT2D eigenvalue weighted by atomic mass is 10.1. The van der Waals surface area contributed by atoms with E-state index in [1.54, 1.807) is 42.5 Å². The van der Waals surface area contributed by atoms with Gasteiger partial charge in [0.1, 0.15) is 12.4 Å². The van der Waals surface area contributed by atoms with Crippen molar-refractivity contribution in [2.75, 3.05) is 23.7 Å². The van der Waals surface area contributed by atoms with Gasteiger partial charge < -0.3 is 10.1 Å². The Morgan fingerprint density at radius 1 is 1.00 bits per heavy atom. The Hall–Kier alpha value is -2.84. The number of benzene rings is 3. The highest BCUT2D eigenvalue weighted by Crippen LogP contribution is 2.29. The number of para-hydroxylation sites is 1. The van der Waals surface area contributed by atoms with Gasteiger partial charge in [0, 0.05) is 10.0 Å². The van der Waals surface area contributed by atoms with Crippen LogP contribution in [0.4, 0.5) is 5.69 Å². The Bertz CT molecular complexity index is 1230. The van der Waals surface area contributed by atoms with E-state index in [1.807, 2.05) is 38.1 Å². The maximum Gasteiger partial charge on any atom is 0.251 e. The monoisotopic (exact) mass is 530 g/mol. The van der Waals surface area contributed by atoms with Crippen LogP contribution in [0.5, 0.6) is 5.75 Å². The summed E-state index contributed by atoms with van der Waals surface area (Å²) in [6.45, 7) is 4.97. The zero-order valence-electron chi connectivity index (χ0n) is 18.8. The number of carbonyl (C=O) groups excluding carboxylic acids is 1. The molecule has 0 saturated heterocycles. The van der Waals surface area contributed by atoms with Crippen molar-refractivity contribution in [1.82, 2.24) is 5.32 Å². The first-order valence-electron chi connectivity index (χ1n) is 10.4. The third-order valence-corrected chi connectivity index (χ3v) is 7.00. The number of aryl methyl sites for hydroxylation is 2. The van der Waals surface area contributed by atoms with E-state index in [2.05, 4.69) is 21.2 Å². The van der Waals surface area contributed by atoms with E-state index in [1.165, 1.54) is 16.1 Å². The van der Waals surface area contributed by atoms with E-state index in [0.29, 0.717) is 28.9 Å². The van der Waals surface area contributed by atoms with Gasteiger partial charge in [0.25, 0.3) is 5.91 Å². The van der Waals surface area contributed by atoms with Crippen LogP contribution in [0.2, 0.25) is 0 Å². The van der Waals surface area contributed by atoms with Crippen molar-refractivity contribution >= 4 is 37.5 Å². The number of carbonyl (C=O) groups is 1. The number of hydrogen-bond acceptors (Lipinski definition) is 4. The Balaban J connectivity index is 1.57. The second-order valence-electron chi connectivity index (χ2n) is 7.77. The Morgan fingerprint density at radius 2 is 1.70 bits per heavy atom. The molecule has 1 amide bonds. The van der Waals surface area contributed by atoms with E-state index in [9.17, 15) is 13.2 Å². The third-order valence-electron chi connectivity index (χ3n) is 5.20. The quantitative estimate of drug-likeness (QED) is 0.401. The molecule has 3 aromatic rings. The Morgan fingerprint density at radius 3 is 2.33 bits per heavy atom. The van der Waals surface area contributed by atoms with Crippen molar-refractivity contribution in [3.63, 3.8) is 0 Å². The summed E-state index contributed by atoms with van der Waals surface area (Å²) in [6, 6.07) is 19.9. The molecular formula is C25H27BrN2O4S. The molecule has 0 bridgehead atoms. The van der Waals surface area contributed by atoms with Crippen LogP contribution < -0.4 is 14.4 Å². The lowest BCUT2D eigenvalue weighted by molar-refractivity contribution is 0.0947. The summed E-state index contributed by atoms with van der Waals surface area (Å²) in [5.41, 5.74) is 4.19. The van der Waals surface area contributed by atoms with Crippen LogP contribution in [0.1, 0.15) is 27.0 Å². The zero-order chi connectivity index (χ0) is 24.0. The summed E-state index contributed by atoms with van der Waals surface area (Å²) in [5.74, 6) is 0.563. The molecule has 0 unspecified atom stereocenters. The minimum atomic E-state index is -3.50. The van der Waals surface area contributed by atoms with E-state index >= 15 is 0 Å². The molecule has 0 fully saturated rings. The lowest BCUT2D eigenvalue weighted by Gasteiger charge is -2.23. The first-order valence-corrected chi connectivity index (χ1v) is 13.1. The average Bonchev–Trinajstić information content (AvgIpc) is 2.77. The summed E-state index contributed by atoms with van der Waals surface area (Å²) >= 11 is 3.42. The zero-order valence-corrected chi connectivity index (χ0v) is 21.2. The van der Waals surface area contributed by atoms with Crippen LogP contribution in [0.15, 0.2) is 71.2 Å². The van der Waals surface area contributed by atoms with E-state index in [-0.39, 0.29) is 12.5 Å². The predicted octanol–water partition coefficient (Wildman–Crippen LogP) is 4.84. The van der Waals surface area contributed by atoms with E-state index in [0.717, 1.165) is 16.9 Å². The number of sulfonamides is 1. The molecule has 33 heavy (non-hydrogen) atoms. The average molecular weight is 531 g/mol. The number of nitrogens with one attached hydrogen (secondary N) is 1. The molecule has 0 aliphatic carbocycles. The molecule has 3 rings (SSSR count). The largest absolute Gasteiger partial charge is 0.492 e. The van der Waals surface area contributed by atoms with Gasteiger partial charge in [-0.15, -0.1) is 0 Å². The highest BCUT2D eigenvalue weighted by molar-refractivity contribution is 9.10. The maximum absolute atomic E-state index is 12.4. The molecule has 0 radical (unpaired) electrons. The number of halogens is 1. The second kappa shape index (κ2) is 10.9. The normalized spacial score (nSPS) is 11.2. The second-order valence-corrected chi connectivity index (χ2v) is 10.5. The van der Waals surface area contributed by atoms with Crippen LogP contribution >= 0.6 is 15.9 Å². The summed E-state index contributed by atoms with van der Waals surface area (Å²) in [5, 5.41) is 2.84. The first kappa shape index (κ1) is 24.8. The SMILES string of the molecule is Cc1ccc(OCCNC(=O)c2ccc(CN(c3ccccc3Br)S(C)(=O)=O)cc2)cc1C. The molecule has 174 valence electrons. The fraction of sp³-hybridized carbons (Fsp3) is 0.240. The molecule has 0 spiro atoms. The van der Waals surface area contributed by atoms with Crippen LogP contribution in [-0.2, 0) is 16.6 Å². The fourth-order valence-electron chi connectivity index (χ4n) is 3.20. The Labute approximate surface area is 203 Å². The smallest absolute Gasteiger partial charge is 0.251 e. The molecule has 0 saturated carbocycles. The van der Waals surface area contributed by atoms with Crippen molar-refractivity contribution < 1.29 is 17.9 Å². The summed E-state index contributed by atoms with van der Waals surface area (Å²) in [6.07, 6.45) is 1.17. The number of anilines is 1. The van der Waals surface area contributed by atoms with Gasteiger partial charge in [-0.05, 0) is 82.9 Å². The van der Waals surface area contributed by atoms with Crippen molar-refractivity contribution in [3.05, 3.63) is 93.5 Å². The number of nitrogens with zero attached hydrogens (tertiary/aromatic N) is 1. The highest BCUT2D eigenvalue weighted by Gasteiger charge is 2.20. The number of hydrogen-bond donors (Lipinski definition) is 1. The van der Waals surface area contributed by atoms with Gasteiger partial charge in [-0.2, -0.15) is 0 Å². The molecule has 8 heteroatoms. The summed E-state index contributed by atoms with van der Waals surface area (Å²) < 4.78 is 32.5. The molecular weight excluding hydrogens is 504 g/mol. The highest BCUT2D eigenvalue weighted by atomic mass is 79.9. The number of ether oxygens (including phenoxy) is 1. The molecule has 0 aliphatic rings. The minimum absolute atomic E-state index is 0.160. The van der Waals surface area contributed by atoms with Gasteiger partial charge in [0.2, 0.25) is 10.0 Å². The van der Waals surface area contributed by atoms with Crippen LogP contribution in [0.3, 0.4) is 0 Å².